The lowest BCUT2D eigenvalue weighted by Gasteiger charge is -2.38. The highest BCUT2D eigenvalue weighted by molar-refractivity contribution is 14.0. The van der Waals surface area contributed by atoms with Gasteiger partial charge in [-0.05, 0) is 42.5 Å². The Morgan fingerprint density at radius 1 is 1.40 bits per heavy atom. The second kappa shape index (κ2) is 9.21. The Kier molecular flexibility index (Phi) is 7.54. The Hall–Kier alpha value is -0.830. The fourth-order valence-corrected chi connectivity index (χ4v) is 4.21. The minimum atomic E-state index is 0. The van der Waals surface area contributed by atoms with Gasteiger partial charge in [-0.25, -0.2) is 4.99 Å². The van der Waals surface area contributed by atoms with Crippen LogP contribution in [0.4, 0.5) is 0 Å². The summed E-state index contributed by atoms with van der Waals surface area (Å²) in [6.45, 7) is 3.23. The summed E-state index contributed by atoms with van der Waals surface area (Å²) in [5.74, 6) is 0.954. The summed E-state index contributed by atoms with van der Waals surface area (Å²) in [7, 11) is 3.56. The monoisotopic (exact) mass is 476 g/mol. The van der Waals surface area contributed by atoms with E-state index in [1.807, 2.05) is 0 Å². The molecule has 0 atom stereocenters. The van der Waals surface area contributed by atoms with E-state index in [2.05, 4.69) is 32.7 Å². The molecule has 0 bridgehead atoms. The van der Waals surface area contributed by atoms with E-state index in [0.717, 1.165) is 32.0 Å². The fourth-order valence-electron chi connectivity index (χ4n) is 3.50. The van der Waals surface area contributed by atoms with Gasteiger partial charge in [-0.1, -0.05) is 12.5 Å². The molecule has 1 aromatic rings. The number of nitrogens with zero attached hydrogens (tertiary/aromatic N) is 3. The smallest absolute Gasteiger partial charge is 0.243 e. The van der Waals surface area contributed by atoms with Gasteiger partial charge in [0, 0.05) is 38.6 Å². The molecule has 0 radical (unpaired) electrons. The van der Waals surface area contributed by atoms with Gasteiger partial charge in [0.15, 0.2) is 5.96 Å². The number of halogens is 1. The first kappa shape index (κ1) is 20.5. The van der Waals surface area contributed by atoms with Gasteiger partial charge < -0.3 is 15.1 Å². The van der Waals surface area contributed by atoms with Gasteiger partial charge in [0.25, 0.3) is 0 Å². The zero-order valence-electron chi connectivity index (χ0n) is 15.2. The fraction of sp³-hybridized carbons (Fsp3) is 0.667. The first-order valence-electron chi connectivity index (χ1n) is 8.84. The number of likely N-dealkylation sites (tertiary alicyclic amines) is 1. The maximum absolute atomic E-state index is 11.9. The van der Waals surface area contributed by atoms with Crippen molar-refractivity contribution in [1.29, 1.82) is 0 Å². The van der Waals surface area contributed by atoms with Crippen LogP contribution in [0.15, 0.2) is 22.5 Å². The van der Waals surface area contributed by atoms with Crippen LogP contribution >= 0.6 is 35.3 Å². The normalized spacial score (nSPS) is 18.6. The molecular formula is C18H29IN4OS. The summed E-state index contributed by atoms with van der Waals surface area (Å²) in [5.41, 5.74) is 0.530. The number of guanidine groups is 1. The number of amides is 1. The number of hydrogen-bond donors (Lipinski definition) is 1. The third-order valence-electron chi connectivity index (χ3n) is 5.25. The maximum Gasteiger partial charge on any atom is 0.243 e. The first-order chi connectivity index (χ1) is 11.6. The molecule has 1 aliphatic heterocycles. The molecule has 5 nitrogen and oxygen atoms in total. The van der Waals surface area contributed by atoms with Gasteiger partial charge in [-0.15, -0.1) is 35.3 Å². The van der Waals surface area contributed by atoms with Crippen LogP contribution in [0, 0.1) is 5.41 Å². The van der Waals surface area contributed by atoms with Crippen LogP contribution in [0.2, 0.25) is 0 Å². The van der Waals surface area contributed by atoms with Crippen molar-refractivity contribution in [3.63, 3.8) is 0 Å². The molecule has 2 aliphatic rings. The Balaban J connectivity index is 0.00000225. The van der Waals surface area contributed by atoms with Gasteiger partial charge in [0.1, 0.15) is 6.54 Å². The molecule has 1 aliphatic carbocycles. The maximum atomic E-state index is 11.9. The summed E-state index contributed by atoms with van der Waals surface area (Å²) < 4.78 is 0. The van der Waals surface area contributed by atoms with E-state index in [1.54, 1.807) is 30.3 Å². The molecule has 1 saturated carbocycles. The number of carbonyl (C=O) groups excluding carboxylic acids is 1. The number of carbonyl (C=O) groups is 1. The second-order valence-corrected chi connectivity index (χ2v) is 8.24. The Morgan fingerprint density at radius 2 is 2.20 bits per heavy atom. The van der Waals surface area contributed by atoms with Crippen LogP contribution in [-0.2, 0) is 11.2 Å². The van der Waals surface area contributed by atoms with Crippen molar-refractivity contribution in [3.8, 4) is 0 Å². The number of rotatable bonds is 5. The molecule has 2 fully saturated rings. The lowest BCUT2D eigenvalue weighted by Crippen LogP contribution is -2.43. The van der Waals surface area contributed by atoms with E-state index in [1.165, 1.54) is 30.6 Å². The molecule has 140 valence electrons. The number of likely N-dealkylation sites (N-methyl/N-ethyl adjacent to an activating group) is 1. The SMILES string of the molecule is CN(C)C(=O)CN=C(NCCc1cccs1)N1CCC2(CCC2)C1.I. The summed E-state index contributed by atoms with van der Waals surface area (Å²) >= 11 is 1.79. The molecule has 0 aromatic carbocycles. The molecule has 1 spiro atoms. The molecule has 1 aromatic heterocycles. The molecule has 1 N–H and O–H groups in total. The predicted molar refractivity (Wildman–Crippen MR) is 115 cm³/mol. The summed E-state index contributed by atoms with van der Waals surface area (Å²) in [5, 5.41) is 5.60. The average Bonchev–Trinajstić information content (AvgIpc) is 3.19. The molecule has 7 heteroatoms. The minimum absolute atomic E-state index is 0. The highest BCUT2D eigenvalue weighted by atomic mass is 127. The highest BCUT2D eigenvalue weighted by Crippen LogP contribution is 2.47. The average molecular weight is 476 g/mol. The Labute approximate surface area is 171 Å². The summed E-state index contributed by atoms with van der Waals surface area (Å²) in [4.78, 5) is 21.8. The van der Waals surface area contributed by atoms with E-state index in [4.69, 9.17) is 0 Å². The standard InChI is InChI=1S/C18H28N4OS.HI/c1-21(2)16(23)13-20-17(19-10-6-15-5-3-12-24-15)22-11-9-18(14-22)7-4-8-18;/h3,5,12H,4,6-11,13-14H2,1-2H3,(H,19,20);1H. The highest BCUT2D eigenvalue weighted by Gasteiger charge is 2.43. The van der Waals surface area contributed by atoms with Crippen LogP contribution in [0.1, 0.15) is 30.6 Å². The van der Waals surface area contributed by atoms with Crippen molar-refractivity contribution < 1.29 is 4.79 Å². The zero-order valence-corrected chi connectivity index (χ0v) is 18.3. The number of thiophene rings is 1. The van der Waals surface area contributed by atoms with Crippen molar-refractivity contribution >= 4 is 47.2 Å². The van der Waals surface area contributed by atoms with Crippen molar-refractivity contribution in [2.45, 2.75) is 32.1 Å². The Bertz CT molecular complexity index is 584. The second-order valence-electron chi connectivity index (χ2n) is 7.21. The van der Waals surface area contributed by atoms with E-state index in [9.17, 15) is 4.79 Å². The van der Waals surface area contributed by atoms with E-state index in [0.29, 0.717) is 5.41 Å². The van der Waals surface area contributed by atoms with Gasteiger partial charge in [-0.2, -0.15) is 0 Å². The van der Waals surface area contributed by atoms with Crippen molar-refractivity contribution in [2.75, 3.05) is 40.3 Å². The van der Waals surface area contributed by atoms with Gasteiger partial charge in [0.2, 0.25) is 5.91 Å². The molecule has 1 amide bonds. The zero-order chi connectivity index (χ0) is 17.0. The first-order valence-corrected chi connectivity index (χ1v) is 9.72. The van der Waals surface area contributed by atoms with E-state index < -0.39 is 0 Å². The summed E-state index contributed by atoms with van der Waals surface area (Å²) in [6, 6.07) is 4.25. The predicted octanol–water partition coefficient (Wildman–Crippen LogP) is 2.82. The lowest BCUT2D eigenvalue weighted by atomic mass is 9.68. The van der Waals surface area contributed by atoms with Crippen LogP contribution < -0.4 is 5.32 Å². The largest absolute Gasteiger partial charge is 0.356 e. The molecular weight excluding hydrogens is 447 g/mol. The molecule has 1 saturated heterocycles. The van der Waals surface area contributed by atoms with E-state index >= 15 is 0 Å². The van der Waals surface area contributed by atoms with Crippen LogP contribution in [0.25, 0.3) is 0 Å². The van der Waals surface area contributed by atoms with Crippen LogP contribution in [0.5, 0.6) is 0 Å². The third-order valence-corrected chi connectivity index (χ3v) is 6.19. The van der Waals surface area contributed by atoms with Gasteiger partial charge in [0.05, 0.1) is 0 Å². The quantitative estimate of drug-likeness (QED) is 0.404. The molecule has 3 rings (SSSR count). The Morgan fingerprint density at radius 3 is 2.76 bits per heavy atom. The van der Waals surface area contributed by atoms with E-state index in [-0.39, 0.29) is 36.4 Å². The van der Waals surface area contributed by atoms with Crippen molar-refractivity contribution in [1.82, 2.24) is 15.1 Å². The summed E-state index contributed by atoms with van der Waals surface area (Å²) in [6.07, 6.45) is 6.33. The minimum Gasteiger partial charge on any atom is -0.356 e. The van der Waals surface area contributed by atoms with Crippen LogP contribution in [0.3, 0.4) is 0 Å². The van der Waals surface area contributed by atoms with Crippen LogP contribution in [-0.4, -0.2) is 61.9 Å². The molecule has 25 heavy (non-hydrogen) atoms. The number of nitrogens with one attached hydrogen (secondary N) is 1. The van der Waals surface area contributed by atoms with Crippen molar-refractivity contribution in [3.05, 3.63) is 22.4 Å². The molecule has 2 heterocycles. The number of aliphatic imine (C=N–C) groups is 1. The van der Waals surface area contributed by atoms with Gasteiger partial charge in [-0.3, -0.25) is 4.79 Å². The third kappa shape index (κ3) is 5.32. The number of hydrogen-bond acceptors (Lipinski definition) is 3. The lowest BCUT2D eigenvalue weighted by molar-refractivity contribution is -0.127. The van der Waals surface area contributed by atoms with Crippen molar-refractivity contribution in [2.24, 2.45) is 10.4 Å². The molecule has 0 unspecified atom stereocenters. The van der Waals surface area contributed by atoms with Gasteiger partial charge >= 0.3 is 0 Å². The topological polar surface area (TPSA) is 47.9 Å².